The van der Waals surface area contributed by atoms with Gasteiger partial charge in [-0.15, -0.1) is 11.3 Å². The van der Waals surface area contributed by atoms with E-state index >= 15 is 0 Å². The van der Waals surface area contributed by atoms with E-state index in [0.29, 0.717) is 16.6 Å². The zero-order valence-electron chi connectivity index (χ0n) is 14.0. The topological polar surface area (TPSA) is 87.8 Å². The zero-order valence-corrected chi connectivity index (χ0v) is 14.8. The van der Waals surface area contributed by atoms with Crippen LogP contribution in [0.15, 0.2) is 35.4 Å². The van der Waals surface area contributed by atoms with Gasteiger partial charge in [-0.05, 0) is 43.4 Å². The van der Waals surface area contributed by atoms with Crippen LogP contribution in [0.5, 0.6) is 0 Å². The van der Waals surface area contributed by atoms with Crippen LogP contribution in [-0.4, -0.2) is 15.5 Å². The van der Waals surface area contributed by atoms with Gasteiger partial charge in [-0.2, -0.15) is 5.26 Å². The first-order chi connectivity index (χ1) is 12.7. The van der Waals surface area contributed by atoms with Gasteiger partial charge < -0.3 is 5.32 Å². The molecule has 0 spiro atoms. The third-order valence-corrected chi connectivity index (χ3v) is 5.78. The van der Waals surface area contributed by atoms with E-state index in [0.717, 1.165) is 36.1 Å². The van der Waals surface area contributed by atoms with Gasteiger partial charge in [0.1, 0.15) is 17.4 Å². The molecule has 1 aliphatic carbocycles. The number of aryl methyl sites for hydroxylation is 2. The van der Waals surface area contributed by atoms with E-state index in [4.69, 9.17) is 5.26 Å². The number of rotatable bonds is 3. The third-order valence-electron chi connectivity index (χ3n) is 4.58. The van der Waals surface area contributed by atoms with Gasteiger partial charge in [0, 0.05) is 4.88 Å². The fraction of sp³-hybridized carbons (Fsp3) is 0.263. The van der Waals surface area contributed by atoms with Crippen molar-refractivity contribution in [2.75, 3.05) is 5.32 Å². The number of thiophene rings is 1. The monoisotopic (exact) mass is 364 g/mol. The Hall–Kier alpha value is -2.98. The Morgan fingerprint density at radius 1 is 1.31 bits per heavy atom. The van der Waals surface area contributed by atoms with Gasteiger partial charge in [0.05, 0.1) is 23.0 Å². The number of nitriles is 1. The average Bonchev–Trinajstić information content (AvgIpc) is 3.04. The highest BCUT2D eigenvalue weighted by molar-refractivity contribution is 7.18. The number of para-hydroxylation sites is 1. The average molecular weight is 364 g/mol. The summed E-state index contributed by atoms with van der Waals surface area (Å²) in [5.74, 6) is -0.361. The van der Waals surface area contributed by atoms with Gasteiger partial charge >= 0.3 is 0 Å². The minimum absolute atomic E-state index is 0.133. The molecule has 6 nitrogen and oxygen atoms in total. The Bertz CT molecular complexity index is 1110. The van der Waals surface area contributed by atoms with Crippen molar-refractivity contribution in [1.29, 1.82) is 5.26 Å². The quantitative estimate of drug-likeness (QED) is 0.774. The highest BCUT2D eigenvalue weighted by Gasteiger charge is 2.20. The molecule has 130 valence electrons. The van der Waals surface area contributed by atoms with Crippen LogP contribution in [0.3, 0.4) is 0 Å². The van der Waals surface area contributed by atoms with Crippen molar-refractivity contribution < 1.29 is 4.79 Å². The predicted molar refractivity (Wildman–Crippen MR) is 100 cm³/mol. The molecule has 1 amide bonds. The molecule has 0 aliphatic heterocycles. The van der Waals surface area contributed by atoms with Gasteiger partial charge in [0.15, 0.2) is 0 Å². The molecule has 4 rings (SSSR count). The Morgan fingerprint density at radius 2 is 2.12 bits per heavy atom. The van der Waals surface area contributed by atoms with Gasteiger partial charge in [0.25, 0.3) is 5.56 Å². The number of carbonyl (C=O) groups excluding carboxylic acids is 1. The van der Waals surface area contributed by atoms with Crippen molar-refractivity contribution in [2.45, 2.75) is 32.2 Å². The lowest BCUT2D eigenvalue weighted by Gasteiger charge is -2.11. The number of hydrogen-bond donors (Lipinski definition) is 1. The van der Waals surface area contributed by atoms with Crippen molar-refractivity contribution in [3.8, 4) is 6.07 Å². The van der Waals surface area contributed by atoms with E-state index in [1.165, 1.54) is 15.8 Å². The summed E-state index contributed by atoms with van der Waals surface area (Å²) in [6.07, 6.45) is 5.56. The summed E-state index contributed by atoms with van der Waals surface area (Å²) >= 11 is 1.59. The molecule has 0 radical (unpaired) electrons. The third kappa shape index (κ3) is 2.89. The fourth-order valence-corrected chi connectivity index (χ4v) is 4.55. The molecule has 1 aromatic carbocycles. The number of aromatic nitrogens is 2. The summed E-state index contributed by atoms with van der Waals surface area (Å²) < 4.78 is 1.34. The maximum atomic E-state index is 12.9. The molecule has 0 fully saturated rings. The Kier molecular flexibility index (Phi) is 4.27. The molecule has 2 heterocycles. The lowest BCUT2D eigenvalue weighted by molar-refractivity contribution is -0.116. The maximum absolute atomic E-state index is 12.9. The van der Waals surface area contributed by atoms with Crippen LogP contribution in [0.25, 0.3) is 10.2 Å². The molecule has 2 aromatic heterocycles. The van der Waals surface area contributed by atoms with E-state index < -0.39 is 0 Å². The van der Waals surface area contributed by atoms with Gasteiger partial charge in [-0.3, -0.25) is 14.2 Å². The Morgan fingerprint density at radius 3 is 2.96 bits per heavy atom. The van der Waals surface area contributed by atoms with Crippen LogP contribution < -0.4 is 10.9 Å². The van der Waals surface area contributed by atoms with Crippen LogP contribution in [0, 0.1) is 11.3 Å². The molecule has 0 atom stereocenters. The minimum atomic E-state index is -0.361. The first-order valence-electron chi connectivity index (χ1n) is 8.46. The van der Waals surface area contributed by atoms with Crippen molar-refractivity contribution in [1.82, 2.24) is 9.55 Å². The second-order valence-corrected chi connectivity index (χ2v) is 7.36. The van der Waals surface area contributed by atoms with Crippen molar-refractivity contribution in [2.24, 2.45) is 0 Å². The summed E-state index contributed by atoms with van der Waals surface area (Å²) in [5.41, 5.74) is 1.76. The molecule has 1 N–H and O–H groups in total. The molecular formula is C19H16N4O2S. The summed E-state index contributed by atoms with van der Waals surface area (Å²) in [6.45, 7) is -0.133. The standard InChI is InChI=1S/C19H16N4O2S/c20-9-12-5-1-3-7-14(12)22-16(24)10-23-11-21-18-17(19(23)25)13-6-2-4-8-15(13)26-18/h1,3,5,7,11H,2,4,6,8,10H2,(H,22,24). The van der Waals surface area contributed by atoms with Crippen LogP contribution in [0.1, 0.15) is 28.8 Å². The minimum Gasteiger partial charge on any atom is -0.323 e. The van der Waals surface area contributed by atoms with Crippen molar-refractivity contribution >= 4 is 33.1 Å². The molecule has 0 saturated carbocycles. The van der Waals surface area contributed by atoms with Crippen LogP contribution in [0.2, 0.25) is 0 Å². The number of hydrogen-bond acceptors (Lipinski definition) is 5. The van der Waals surface area contributed by atoms with E-state index in [2.05, 4.69) is 10.3 Å². The van der Waals surface area contributed by atoms with E-state index in [1.807, 2.05) is 6.07 Å². The Balaban J connectivity index is 1.63. The summed E-state index contributed by atoms with van der Waals surface area (Å²) in [5, 5.41) is 12.5. The molecule has 1 aliphatic rings. The summed E-state index contributed by atoms with van der Waals surface area (Å²) in [6, 6.07) is 8.81. The number of anilines is 1. The molecule has 0 bridgehead atoms. The van der Waals surface area contributed by atoms with Crippen LogP contribution in [-0.2, 0) is 24.2 Å². The second kappa shape index (κ2) is 6.73. The second-order valence-electron chi connectivity index (χ2n) is 6.27. The number of fused-ring (bicyclic) bond motifs is 3. The lowest BCUT2D eigenvalue weighted by atomic mass is 9.97. The summed E-state index contributed by atoms with van der Waals surface area (Å²) in [4.78, 5) is 31.6. The van der Waals surface area contributed by atoms with E-state index in [1.54, 1.807) is 35.6 Å². The van der Waals surface area contributed by atoms with Gasteiger partial charge in [-0.25, -0.2) is 4.98 Å². The highest BCUT2D eigenvalue weighted by atomic mass is 32.1. The highest BCUT2D eigenvalue weighted by Crippen LogP contribution is 2.33. The normalized spacial score (nSPS) is 13.2. The number of amides is 1. The fourth-order valence-electron chi connectivity index (χ4n) is 3.33. The molecule has 3 aromatic rings. The number of benzene rings is 1. The molecule has 26 heavy (non-hydrogen) atoms. The Labute approximate surface area is 153 Å². The predicted octanol–water partition coefficient (Wildman–Crippen LogP) is 2.85. The number of carbonyl (C=O) groups is 1. The smallest absolute Gasteiger partial charge is 0.262 e. The molecule has 0 unspecified atom stereocenters. The van der Waals surface area contributed by atoms with Crippen molar-refractivity contribution in [3.63, 3.8) is 0 Å². The van der Waals surface area contributed by atoms with Crippen LogP contribution >= 0.6 is 11.3 Å². The lowest BCUT2D eigenvalue weighted by Crippen LogP contribution is -2.28. The zero-order chi connectivity index (χ0) is 18.1. The first kappa shape index (κ1) is 16.5. The first-order valence-corrected chi connectivity index (χ1v) is 9.27. The molecule has 0 saturated heterocycles. The number of nitrogens with zero attached hydrogens (tertiary/aromatic N) is 3. The largest absolute Gasteiger partial charge is 0.323 e. The van der Waals surface area contributed by atoms with E-state index in [-0.39, 0.29) is 18.0 Å². The molecular weight excluding hydrogens is 348 g/mol. The van der Waals surface area contributed by atoms with E-state index in [9.17, 15) is 9.59 Å². The van der Waals surface area contributed by atoms with Crippen LogP contribution in [0.4, 0.5) is 5.69 Å². The maximum Gasteiger partial charge on any atom is 0.262 e. The summed E-state index contributed by atoms with van der Waals surface area (Å²) in [7, 11) is 0. The number of nitrogens with one attached hydrogen (secondary N) is 1. The van der Waals surface area contributed by atoms with Gasteiger partial charge in [-0.1, -0.05) is 12.1 Å². The SMILES string of the molecule is N#Cc1ccccc1NC(=O)Cn1cnc2sc3c(c2c1=O)CCCC3. The van der Waals surface area contributed by atoms with Gasteiger partial charge in [0.2, 0.25) is 5.91 Å². The molecule has 7 heteroatoms. The van der Waals surface area contributed by atoms with Crippen molar-refractivity contribution in [3.05, 3.63) is 57.0 Å².